The molecule has 0 unspecified atom stereocenters. The van der Waals surface area contributed by atoms with E-state index in [1.54, 1.807) is 6.92 Å². The number of esters is 1. The molecule has 0 saturated heterocycles. The van der Waals surface area contributed by atoms with Gasteiger partial charge < -0.3 is 10.1 Å². The number of nitrogens with one attached hydrogen (secondary N) is 1. The molecule has 0 aliphatic rings. The van der Waals surface area contributed by atoms with Crippen LogP contribution in [0.15, 0.2) is 65.6 Å². The predicted molar refractivity (Wildman–Crippen MR) is 125 cm³/mol. The Morgan fingerprint density at radius 3 is 2.27 bits per heavy atom. The summed E-state index contributed by atoms with van der Waals surface area (Å²) in [6, 6.07) is 19.5. The van der Waals surface area contributed by atoms with Crippen LogP contribution in [0, 0.1) is 6.92 Å². The van der Waals surface area contributed by atoms with Gasteiger partial charge in [0.2, 0.25) is 5.91 Å². The predicted octanol–water partition coefficient (Wildman–Crippen LogP) is 6.27. The van der Waals surface area contributed by atoms with Gasteiger partial charge in [-0.15, -0.1) is 23.1 Å². The van der Waals surface area contributed by atoms with Gasteiger partial charge in [-0.25, -0.2) is 4.79 Å². The summed E-state index contributed by atoms with van der Waals surface area (Å²) < 4.78 is 5.26. The molecule has 3 aromatic rings. The second kappa shape index (κ2) is 10.5. The molecule has 1 aromatic heterocycles. The molecule has 1 amide bonds. The highest BCUT2D eigenvalue weighted by Gasteiger charge is 2.27. The van der Waals surface area contributed by atoms with Crippen LogP contribution >= 0.6 is 23.1 Å². The summed E-state index contributed by atoms with van der Waals surface area (Å²) in [6.07, 6.45) is 0.702. The second-order valence-corrected chi connectivity index (χ2v) is 9.03. The van der Waals surface area contributed by atoms with Crippen molar-refractivity contribution in [2.24, 2.45) is 0 Å². The molecule has 0 saturated carbocycles. The van der Waals surface area contributed by atoms with Crippen molar-refractivity contribution in [3.63, 3.8) is 0 Å². The van der Waals surface area contributed by atoms with Crippen LogP contribution in [0.25, 0.3) is 0 Å². The van der Waals surface area contributed by atoms with Crippen molar-refractivity contribution in [1.29, 1.82) is 0 Å². The Morgan fingerprint density at radius 2 is 1.67 bits per heavy atom. The molecule has 0 spiro atoms. The van der Waals surface area contributed by atoms with E-state index >= 15 is 0 Å². The molecule has 1 heterocycles. The molecule has 3 rings (SSSR count). The van der Waals surface area contributed by atoms with Gasteiger partial charge in [-0.1, -0.05) is 55.5 Å². The van der Waals surface area contributed by atoms with E-state index in [4.69, 9.17) is 4.74 Å². The highest BCUT2D eigenvalue weighted by molar-refractivity contribution is 8.00. The van der Waals surface area contributed by atoms with Gasteiger partial charge >= 0.3 is 5.97 Å². The van der Waals surface area contributed by atoms with Crippen LogP contribution in [-0.4, -0.2) is 18.5 Å². The lowest BCUT2D eigenvalue weighted by atomic mass is 10.1. The monoisotopic (exact) mass is 439 g/mol. The van der Waals surface area contributed by atoms with E-state index < -0.39 is 5.25 Å². The van der Waals surface area contributed by atoms with Crippen molar-refractivity contribution in [1.82, 2.24) is 0 Å². The SMILES string of the molecule is CCOC(=O)c1c(NC(=O)[C@H](Sc2ccccc2)c2ccccc2)sc(C)c1CC. The van der Waals surface area contributed by atoms with Crippen LogP contribution in [0.2, 0.25) is 0 Å². The highest BCUT2D eigenvalue weighted by atomic mass is 32.2. The number of carbonyl (C=O) groups is 2. The number of anilines is 1. The molecule has 6 heteroatoms. The Hall–Kier alpha value is -2.57. The molecule has 1 N–H and O–H groups in total. The van der Waals surface area contributed by atoms with Crippen LogP contribution in [-0.2, 0) is 16.0 Å². The summed E-state index contributed by atoms with van der Waals surface area (Å²) >= 11 is 2.91. The number of benzene rings is 2. The van der Waals surface area contributed by atoms with Gasteiger partial charge in [-0.05, 0) is 43.5 Å². The van der Waals surface area contributed by atoms with E-state index in [-0.39, 0.29) is 11.9 Å². The summed E-state index contributed by atoms with van der Waals surface area (Å²) in [7, 11) is 0. The smallest absolute Gasteiger partial charge is 0.341 e. The van der Waals surface area contributed by atoms with Gasteiger partial charge in [0.15, 0.2) is 0 Å². The van der Waals surface area contributed by atoms with Crippen LogP contribution in [0.4, 0.5) is 5.00 Å². The topological polar surface area (TPSA) is 55.4 Å². The van der Waals surface area contributed by atoms with Crippen molar-refractivity contribution in [3.8, 4) is 0 Å². The van der Waals surface area contributed by atoms with E-state index in [1.165, 1.54) is 23.1 Å². The molecule has 0 bridgehead atoms. The highest BCUT2D eigenvalue weighted by Crippen LogP contribution is 2.39. The summed E-state index contributed by atoms with van der Waals surface area (Å²) in [5.74, 6) is -0.550. The molecule has 0 fully saturated rings. The van der Waals surface area contributed by atoms with Gasteiger partial charge in [0.25, 0.3) is 0 Å². The zero-order valence-electron chi connectivity index (χ0n) is 17.3. The number of hydrogen-bond acceptors (Lipinski definition) is 5. The number of thioether (sulfide) groups is 1. The lowest BCUT2D eigenvalue weighted by molar-refractivity contribution is -0.115. The zero-order chi connectivity index (χ0) is 21.5. The summed E-state index contributed by atoms with van der Waals surface area (Å²) in [5.41, 5.74) is 2.32. The molecule has 0 aliphatic carbocycles. The fourth-order valence-electron chi connectivity index (χ4n) is 3.23. The van der Waals surface area contributed by atoms with Crippen LogP contribution < -0.4 is 5.32 Å². The lowest BCUT2D eigenvalue weighted by Gasteiger charge is -2.17. The Kier molecular flexibility index (Phi) is 7.71. The number of rotatable bonds is 8. The first kappa shape index (κ1) is 22.1. The second-order valence-electron chi connectivity index (χ2n) is 6.63. The minimum atomic E-state index is -0.448. The van der Waals surface area contributed by atoms with Crippen molar-refractivity contribution in [2.45, 2.75) is 37.3 Å². The van der Waals surface area contributed by atoms with Crippen molar-refractivity contribution in [3.05, 3.63) is 82.2 Å². The van der Waals surface area contributed by atoms with E-state index in [1.807, 2.05) is 74.5 Å². The van der Waals surface area contributed by atoms with Crippen LogP contribution in [0.3, 0.4) is 0 Å². The standard InChI is InChI=1S/C24H25NO3S2/c1-4-19-16(3)29-23(20(19)24(27)28-5-2)25-22(26)21(17-12-8-6-9-13-17)30-18-14-10-7-11-15-18/h6-15,21H,4-5H2,1-3H3,(H,25,26)/t21-/m1/s1. The molecular weight excluding hydrogens is 414 g/mol. The van der Waals surface area contributed by atoms with Crippen molar-refractivity contribution in [2.75, 3.05) is 11.9 Å². The van der Waals surface area contributed by atoms with Gasteiger partial charge in [0, 0.05) is 9.77 Å². The largest absolute Gasteiger partial charge is 0.462 e. The normalized spacial score (nSPS) is 11.7. The van der Waals surface area contributed by atoms with E-state index in [9.17, 15) is 9.59 Å². The Labute approximate surface area is 185 Å². The molecule has 0 aliphatic heterocycles. The average Bonchev–Trinajstić information content (AvgIpc) is 3.08. The molecule has 0 radical (unpaired) electrons. The lowest BCUT2D eigenvalue weighted by Crippen LogP contribution is -2.20. The Morgan fingerprint density at radius 1 is 1.03 bits per heavy atom. The van der Waals surface area contributed by atoms with Gasteiger partial charge in [-0.2, -0.15) is 0 Å². The number of carbonyl (C=O) groups excluding carboxylic acids is 2. The zero-order valence-corrected chi connectivity index (χ0v) is 18.9. The van der Waals surface area contributed by atoms with E-state index in [0.717, 1.165) is 20.9 Å². The third-order valence-corrected chi connectivity index (χ3v) is 6.95. The first-order chi connectivity index (χ1) is 14.5. The number of ether oxygens (including phenoxy) is 1. The molecule has 30 heavy (non-hydrogen) atoms. The average molecular weight is 440 g/mol. The minimum Gasteiger partial charge on any atom is -0.462 e. The number of amides is 1. The maximum absolute atomic E-state index is 13.4. The summed E-state index contributed by atoms with van der Waals surface area (Å²) in [5, 5.41) is 3.13. The molecule has 156 valence electrons. The van der Waals surface area contributed by atoms with Crippen LogP contribution in [0.5, 0.6) is 0 Å². The first-order valence-corrected chi connectivity index (χ1v) is 11.6. The quantitative estimate of drug-likeness (QED) is 0.332. The van der Waals surface area contributed by atoms with Gasteiger partial charge in [0.05, 0.1) is 12.2 Å². The van der Waals surface area contributed by atoms with Gasteiger partial charge in [-0.3, -0.25) is 4.79 Å². The van der Waals surface area contributed by atoms with Gasteiger partial charge in [0.1, 0.15) is 10.3 Å². The number of aryl methyl sites for hydroxylation is 1. The van der Waals surface area contributed by atoms with Crippen LogP contribution in [0.1, 0.15) is 45.5 Å². The molecule has 4 nitrogen and oxygen atoms in total. The number of hydrogen-bond donors (Lipinski definition) is 1. The Bertz CT molecular complexity index is 1000. The summed E-state index contributed by atoms with van der Waals surface area (Å²) in [4.78, 5) is 28.0. The Balaban J connectivity index is 1.94. The molecular formula is C24H25NO3S2. The third kappa shape index (κ3) is 5.12. The minimum absolute atomic E-state index is 0.162. The molecule has 2 aromatic carbocycles. The molecule has 1 atom stereocenters. The maximum atomic E-state index is 13.4. The van der Waals surface area contributed by atoms with Crippen molar-refractivity contribution >= 4 is 40.0 Å². The van der Waals surface area contributed by atoms with E-state index in [0.29, 0.717) is 23.6 Å². The maximum Gasteiger partial charge on any atom is 0.341 e. The summed E-state index contributed by atoms with van der Waals surface area (Å²) in [6.45, 7) is 6.04. The number of thiophene rings is 1. The fourth-order valence-corrected chi connectivity index (χ4v) is 5.41. The fraction of sp³-hybridized carbons (Fsp3) is 0.250. The van der Waals surface area contributed by atoms with E-state index in [2.05, 4.69) is 5.32 Å². The first-order valence-electron chi connectivity index (χ1n) is 9.92. The third-order valence-electron chi connectivity index (χ3n) is 4.62. The van der Waals surface area contributed by atoms with Crippen molar-refractivity contribution < 1.29 is 14.3 Å².